The van der Waals surface area contributed by atoms with Gasteiger partial charge in [0.2, 0.25) is 0 Å². The molecule has 1 aliphatic rings. The van der Waals surface area contributed by atoms with Gasteiger partial charge in [0.15, 0.2) is 5.96 Å². The maximum atomic E-state index is 6.36. The average Bonchev–Trinajstić information content (AvgIpc) is 3.01. The first-order chi connectivity index (χ1) is 10.3. The van der Waals surface area contributed by atoms with Crippen LogP contribution in [0.3, 0.4) is 0 Å². The molecule has 0 atom stereocenters. The number of hydrogen-bond acceptors (Lipinski definition) is 3. The van der Waals surface area contributed by atoms with Crippen LogP contribution < -0.4 is 10.2 Å². The van der Waals surface area contributed by atoms with Crippen LogP contribution in [0.15, 0.2) is 53.5 Å². The van der Waals surface area contributed by atoms with Gasteiger partial charge in [-0.1, -0.05) is 59.6 Å². The number of guanidine groups is 1. The van der Waals surface area contributed by atoms with Crippen LogP contribution in [0.25, 0.3) is 0 Å². The van der Waals surface area contributed by atoms with Crippen molar-refractivity contribution >= 4 is 34.8 Å². The molecule has 3 nitrogen and oxygen atoms in total. The number of para-hydroxylation sites is 1. The van der Waals surface area contributed by atoms with Gasteiger partial charge in [0.05, 0.1) is 28.8 Å². The van der Waals surface area contributed by atoms with Crippen molar-refractivity contribution in [2.24, 2.45) is 4.99 Å². The van der Waals surface area contributed by atoms with E-state index in [1.807, 2.05) is 41.3 Å². The Bertz CT molecular complexity index is 636. The zero-order valence-electron chi connectivity index (χ0n) is 11.4. The first-order valence-electron chi connectivity index (χ1n) is 6.79. The number of halogens is 2. The molecular weight excluding hydrogens is 305 g/mol. The lowest BCUT2D eigenvalue weighted by Gasteiger charge is -2.26. The number of rotatable bonds is 3. The molecule has 3 rings (SSSR count). The van der Waals surface area contributed by atoms with Crippen LogP contribution in [-0.2, 0) is 6.54 Å². The normalized spacial score (nSPS) is 13.7. The number of hydrogen-bond donors (Lipinski definition) is 1. The number of nitrogens with zero attached hydrogens (tertiary/aromatic N) is 2. The summed E-state index contributed by atoms with van der Waals surface area (Å²) >= 11 is 12.7. The summed E-state index contributed by atoms with van der Waals surface area (Å²) in [5.41, 5.74) is 1.96. The van der Waals surface area contributed by atoms with Gasteiger partial charge in [-0.2, -0.15) is 0 Å². The Kier molecular flexibility index (Phi) is 4.32. The molecule has 21 heavy (non-hydrogen) atoms. The van der Waals surface area contributed by atoms with Gasteiger partial charge in [-0.3, -0.25) is 4.99 Å². The van der Waals surface area contributed by atoms with Crippen LogP contribution in [-0.4, -0.2) is 19.0 Å². The predicted octanol–water partition coefficient (Wildman–Crippen LogP) is 3.96. The van der Waals surface area contributed by atoms with Crippen LogP contribution in [0.5, 0.6) is 0 Å². The molecule has 0 saturated carbocycles. The molecule has 1 aliphatic heterocycles. The summed E-state index contributed by atoms with van der Waals surface area (Å²) in [4.78, 5) is 6.54. The molecule has 0 unspecified atom stereocenters. The van der Waals surface area contributed by atoms with Crippen LogP contribution >= 0.6 is 23.2 Å². The van der Waals surface area contributed by atoms with E-state index in [4.69, 9.17) is 23.2 Å². The SMILES string of the molecule is Clc1cccc(Cl)c1N(Cc1ccccc1)C1=NCCN1. The van der Waals surface area contributed by atoms with Gasteiger partial charge in [-0.25, -0.2) is 0 Å². The van der Waals surface area contributed by atoms with Crippen LogP contribution in [0.4, 0.5) is 5.69 Å². The summed E-state index contributed by atoms with van der Waals surface area (Å²) < 4.78 is 0. The van der Waals surface area contributed by atoms with E-state index < -0.39 is 0 Å². The number of anilines is 1. The summed E-state index contributed by atoms with van der Waals surface area (Å²) in [6.07, 6.45) is 0. The Balaban J connectivity index is 2.00. The minimum Gasteiger partial charge on any atom is -0.354 e. The van der Waals surface area contributed by atoms with E-state index in [1.165, 1.54) is 5.56 Å². The second-order valence-corrected chi connectivity index (χ2v) is 5.59. The molecule has 108 valence electrons. The summed E-state index contributed by atoms with van der Waals surface area (Å²) in [5.74, 6) is 0.814. The number of benzene rings is 2. The fraction of sp³-hybridized carbons (Fsp3) is 0.188. The van der Waals surface area contributed by atoms with E-state index in [1.54, 1.807) is 0 Å². The van der Waals surface area contributed by atoms with Gasteiger partial charge in [0.25, 0.3) is 0 Å². The highest BCUT2D eigenvalue weighted by molar-refractivity contribution is 6.40. The Labute approximate surface area is 134 Å². The lowest BCUT2D eigenvalue weighted by atomic mass is 10.2. The van der Waals surface area contributed by atoms with Crippen molar-refractivity contribution in [2.45, 2.75) is 6.54 Å². The molecule has 2 aromatic carbocycles. The fourth-order valence-electron chi connectivity index (χ4n) is 2.34. The molecular formula is C16H15Cl2N3. The second-order valence-electron chi connectivity index (χ2n) is 4.77. The molecule has 0 radical (unpaired) electrons. The smallest absolute Gasteiger partial charge is 0.199 e. The third kappa shape index (κ3) is 3.14. The van der Waals surface area contributed by atoms with E-state index in [0.29, 0.717) is 16.6 Å². The highest BCUT2D eigenvalue weighted by Gasteiger charge is 2.21. The Morgan fingerprint density at radius 2 is 1.71 bits per heavy atom. The molecule has 0 spiro atoms. The summed E-state index contributed by atoms with van der Waals surface area (Å²) in [6.45, 7) is 2.27. The molecule has 0 aromatic heterocycles. The molecule has 0 aliphatic carbocycles. The van der Waals surface area contributed by atoms with Crippen molar-refractivity contribution in [3.05, 3.63) is 64.1 Å². The topological polar surface area (TPSA) is 27.6 Å². The van der Waals surface area contributed by atoms with E-state index in [9.17, 15) is 0 Å². The van der Waals surface area contributed by atoms with Gasteiger partial charge >= 0.3 is 0 Å². The minimum atomic E-state index is 0.620. The molecule has 1 heterocycles. The second kappa shape index (κ2) is 6.37. The van der Waals surface area contributed by atoms with Crippen LogP contribution in [0.2, 0.25) is 10.0 Å². The van der Waals surface area contributed by atoms with Crippen LogP contribution in [0.1, 0.15) is 5.56 Å². The third-order valence-corrected chi connectivity index (χ3v) is 3.91. The average molecular weight is 320 g/mol. The monoisotopic (exact) mass is 319 g/mol. The van der Waals surface area contributed by atoms with E-state index in [-0.39, 0.29) is 0 Å². The summed E-state index contributed by atoms with van der Waals surface area (Å²) in [6, 6.07) is 15.7. The molecule has 5 heteroatoms. The zero-order chi connectivity index (χ0) is 14.7. The quantitative estimate of drug-likeness (QED) is 0.927. The zero-order valence-corrected chi connectivity index (χ0v) is 12.9. The number of nitrogens with one attached hydrogen (secondary N) is 1. The van der Waals surface area contributed by atoms with Gasteiger partial charge < -0.3 is 10.2 Å². The lowest BCUT2D eigenvalue weighted by molar-refractivity contribution is 0.924. The van der Waals surface area contributed by atoms with Crippen molar-refractivity contribution < 1.29 is 0 Å². The predicted molar refractivity (Wildman–Crippen MR) is 89.4 cm³/mol. The molecule has 0 fully saturated rings. The van der Waals surface area contributed by atoms with Gasteiger partial charge in [-0.15, -0.1) is 0 Å². The summed E-state index contributed by atoms with van der Waals surface area (Å²) in [7, 11) is 0. The van der Waals surface area contributed by atoms with Crippen molar-refractivity contribution in [2.75, 3.05) is 18.0 Å². The lowest BCUT2D eigenvalue weighted by Crippen LogP contribution is -2.38. The maximum Gasteiger partial charge on any atom is 0.199 e. The van der Waals surface area contributed by atoms with Gasteiger partial charge in [0, 0.05) is 6.54 Å². The molecule has 0 amide bonds. The largest absolute Gasteiger partial charge is 0.354 e. The van der Waals surface area contributed by atoms with E-state index in [2.05, 4.69) is 22.4 Å². The Morgan fingerprint density at radius 1 is 1.00 bits per heavy atom. The van der Waals surface area contributed by atoms with E-state index in [0.717, 1.165) is 24.7 Å². The van der Waals surface area contributed by atoms with Gasteiger partial charge in [-0.05, 0) is 17.7 Å². The Morgan fingerprint density at radius 3 is 2.33 bits per heavy atom. The van der Waals surface area contributed by atoms with Crippen molar-refractivity contribution in [3.8, 4) is 0 Å². The van der Waals surface area contributed by atoms with Crippen molar-refractivity contribution in [3.63, 3.8) is 0 Å². The molecule has 0 bridgehead atoms. The minimum absolute atomic E-state index is 0.620. The first kappa shape index (κ1) is 14.2. The Hall–Kier alpha value is -1.71. The maximum absolute atomic E-state index is 6.36. The summed E-state index contributed by atoms with van der Waals surface area (Å²) in [5, 5.41) is 4.53. The highest BCUT2D eigenvalue weighted by atomic mass is 35.5. The number of aliphatic imine (C=N–C) groups is 1. The molecule has 0 saturated heterocycles. The van der Waals surface area contributed by atoms with Gasteiger partial charge in [0.1, 0.15) is 0 Å². The molecule has 2 aromatic rings. The van der Waals surface area contributed by atoms with E-state index >= 15 is 0 Å². The van der Waals surface area contributed by atoms with Crippen LogP contribution in [0, 0.1) is 0 Å². The third-order valence-electron chi connectivity index (χ3n) is 3.30. The standard InChI is InChI=1S/C16H15Cl2N3/c17-13-7-4-8-14(18)15(13)21(16-19-9-10-20-16)11-12-5-2-1-3-6-12/h1-8H,9-11H2,(H,19,20). The first-order valence-corrected chi connectivity index (χ1v) is 7.55. The molecule has 1 N–H and O–H groups in total. The fourth-order valence-corrected chi connectivity index (χ4v) is 2.94. The van der Waals surface area contributed by atoms with Crippen molar-refractivity contribution in [1.29, 1.82) is 0 Å². The van der Waals surface area contributed by atoms with Crippen molar-refractivity contribution in [1.82, 2.24) is 5.32 Å². The highest BCUT2D eigenvalue weighted by Crippen LogP contribution is 2.34.